The molecular formula is C22H27N7O. The number of rotatable bonds is 5. The summed E-state index contributed by atoms with van der Waals surface area (Å²) in [5.41, 5.74) is 2.26. The third-order valence-electron chi connectivity index (χ3n) is 5.29. The molecule has 4 rings (SSSR count). The second-order valence-electron chi connectivity index (χ2n) is 7.03. The topological polar surface area (TPSA) is 70.8 Å². The lowest BCUT2D eigenvalue weighted by molar-refractivity contribution is 0.371. The number of nitrogens with zero attached hydrogens (tertiary/aromatic N) is 6. The van der Waals surface area contributed by atoms with Gasteiger partial charge in [-0.1, -0.05) is 18.2 Å². The van der Waals surface area contributed by atoms with Gasteiger partial charge in [0.15, 0.2) is 11.8 Å². The van der Waals surface area contributed by atoms with Crippen LogP contribution in [0.15, 0.2) is 65.9 Å². The molecule has 0 unspecified atom stereocenters. The maximum atomic E-state index is 5.25. The monoisotopic (exact) mass is 405 g/mol. The Morgan fingerprint density at radius 2 is 1.73 bits per heavy atom. The Morgan fingerprint density at radius 3 is 2.40 bits per heavy atom. The van der Waals surface area contributed by atoms with Gasteiger partial charge in [-0.25, -0.2) is 0 Å². The number of hydrogen-bond acceptors (Lipinski definition) is 5. The molecular weight excluding hydrogens is 378 g/mol. The number of aliphatic imine (C=N–C) groups is 1. The molecule has 3 aromatic rings. The zero-order valence-corrected chi connectivity index (χ0v) is 17.4. The SMILES string of the molecule is CN=C(NCc1nncn1-c1ccccc1)N1CCN(c2ccc(OC)cc2)CC1. The fourth-order valence-electron chi connectivity index (χ4n) is 3.64. The van der Waals surface area contributed by atoms with Gasteiger partial charge in [-0.05, 0) is 36.4 Å². The molecule has 1 aromatic heterocycles. The van der Waals surface area contributed by atoms with Crippen LogP contribution < -0.4 is 15.0 Å². The van der Waals surface area contributed by atoms with Gasteiger partial charge in [-0.2, -0.15) is 0 Å². The van der Waals surface area contributed by atoms with E-state index in [2.05, 4.69) is 42.4 Å². The van der Waals surface area contributed by atoms with Gasteiger partial charge in [0.2, 0.25) is 0 Å². The third-order valence-corrected chi connectivity index (χ3v) is 5.29. The fourth-order valence-corrected chi connectivity index (χ4v) is 3.64. The van der Waals surface area contributed by atoms with Crippen molar-refractivity contribution < 1.29 is 4.74 Å². The summed E-state index contributed by atoms with van der Waals surface area (Å²) < 4.78 is 7.24. The number of hydrogen-bond donors (Lipinski definition) is 1. The van der Waals surface area contributed by atoms with Crippen LogP contribution in [0.4, 0.5) is 5.69 Å². The fraction of sp³-hybridized carbons (Fsp3) is 0.318. The minimum absolute atomic E-state index is 0.556. The average molecular weight is 406 g/mol. The zero-order valence-electron chi connectivity index (χ0n) is 17.4. The van der Waals surface area contributed by atoms with Crippen LogP contribution in [0.5, 0.6) is 5.75 Å². The maximum Gasteiger partial charge on any atom is 0.194 e. The van der Waals surface area contributed by atoms with Gasteiger partial charge in [0.25, 0.3) is 0 Å². The molecule has 8 nitrogen and oxygen atoms in total. The summed E-state index contributed by atoms with van der Waals surface area (Å²) in [6, 6.07) is 18.3. The third kappa shape index (κ3) is 4.37. The molecule has 2 aromatic carbocycles. The van der Waals surface area contributed by atoms with Gasteiger partial charge in [0.05, 0.1) is 13.7 Å². The minimum atomic E-state index is 0.556. The predicted molar refractivity (Wildman–Crippen MR) is 118 cm³/mol. The lowest BCUT2D eigenvalue weighted by atomic mass is 10.2. The molecule has 0 aliphatic carbocycles. The van der Waals surface area contributed by atoms with Crippen molar-refractivity contribution in [2.75, 3.05) is 45.2 Å². The van der Waals surface area contributed by atoms with E-state index in [1.54, 1.807) is 13.4 Å². The van der Waals surface area contributed by atoms with E-state index in [1.165, 1.54) is 5.69 Å². The molecule has 8 heteroatoms. The Labute approximate surface area is 176 Å². The normalized spacial score (nSPS) is 14.7. The minimum Gasteiger partial charge on any atom is -0.497 e. The highest BCUT2D eigenvalue weighted by Crippen LogP contribution is 2.20. The average Bonchev–Trinajstić information content (AvgIpc) is 3.29. The van der Waals surface area contributed by atoms with Crippen LogP contribution in [0.1, 0.15) is 5.82 Å². The number of aromatic nitrogens is 3. The molecule has 1 saturated heterocycles. The van der Waals surface area contributed by atoms with Crippen molar-refractivity contribution in [1.82, 2.24) is 25.0 Å². The molecule has 30 heavy (non-hydrogen) atoms. The first-order chi connectivity index (χ1) is 14.8. The van der Waals surface area contributed by atoms with Crippen molar-refractivity contribution in [3.8, 4) is 11.4 Å². The van der Waals surface area contributed by atoms with Crippen molar-refractivity contribution in [2.24, 2.45) is 4.99 Å². The highest BCUT2D eigenvalue weighted by atomic mass is 16.5. The van der Waals surface area contributed by atoms with E-state index in [-0.39, 0.29) is 0 Å². The Bertz CT molecular complexity index is 961. The van der Waals surface area contributed by atoms with E-state index >= 15 is 0 Å². The number of methoxy groups -OCH3 is 1. The molecule has 0 spiro atoms. The quantitative estimate of drug-likeness (QED) is 0.518. The molecule has 0 amide bonds. The highest BCUT2D eigenvalue weighted by Gasteiger charge is 2.20. The van der Waals surface area contributed by atoms with Crippen LogP contribution in [0.3, 0.4) is 0 Å². The van der Waals surface area contributed by atoms with Gasteiger partial charge in [0, 0.05) is 44.6 Å². The molecule has 0 radical (unpaired) electrons. The first kappa shape index (κ1) is 19.8. The Hall–Kier alpha value is -3.55. The van der Waals surface area contributed by atoms with E-state index in [1.807, 2.05) is 54.1 Å². The smallest absolute Gasteiger partial charge is 0.194 e. The Morgan fingerprint density at radius 1 is 1.00 bits per heavy atom. The molecule has 156 valence electrons. The van der Waals surface area contributed by atoms with Crippen molar-refractivity contribution in [3.05, 3.63) is 66.7 Å². The molecule has 1 fully saturated rings. The predicted octanol–water partition coefficient (Wildman–Crippen LogP) is 2.17. The zero-order chi connectivity index (χ0) is 20.8. The summed E-state index contributed by atoms with van der Waals surface area (Å²) in [7, 11) is 3.51. The molecule has 0 bridgehead atoms. The lowest BCUT2D eigenvalue weighted by Crippen LogP contribution is -2.52. The highest BCUT2D eigenvalue weighted by molar-refractivity contribution is 5.80. The van der Waals surface area contributed by atoms with E-state index < -0.39 is 0 Å². The van der Waals surface area contributed by atoms with Crippen LogP contribution >= 0.6 is 0 Å². The number of benzene rings is 2. The second-order valence-corrected chi connectivity index (χ2v) is 7.03. The number of anilines is 1. The lowest BCUT2D eigenvalue weighted by Gasteiger charge is -2.37. The second kappa shape index (κ2) is 9.30. The standard InChI is InChI=1S/C22H27N7O/c1-23-22(24-16-21-26-25-17-29(21)19-6-4-3-5-7-19)28-14-12-27(13-15-28)18-8-10-20(30-2)11-9-18/h3-11,17H,12-16H2,1-2H3,(H,23,24). The number of guanidine groups is 1. The number of ether oxygens (including phenoxy) is 1. The van der Waals surface area contributed by atoms with Crippen LogP contribution in [0, 0.1) is 0 Å². The Balaban J connectivity index is 1.34. The van der Waals surface area contributed by atoms with E-state index in [0.29, 0.717) is 6.54 Å². The Kier molecular flexibility index (Phi) is 6.12. The summed E-state index contributed by atoms with van der Waals surface area (Å²) in [6.07, 6.45) is 1.74. The number of piperazine rings is 1. The number of para-hydroxylation sites is 1. The van der Waals surface area contributed by atoms with E-state index in [0.717, 1.165) is 49.4 Å². The van der Waals surface area contributed by atoms with Crippen molar-refractivity contribution >= 4 is 11.6 Å². The summed E-state index contributed by atoms with van der Waals surface area (Å²) in [6.45, 7) is 4.23. The molecule has 1 aliphatic rings. The van der Waals surface area contributed by atoms with Crippen molar-refractivity contribution in [2.45, 2.75) is 6.54 Å². The molecule has 0 saturated carbocycles. The van der Waals surface area contributed by atoms with Gasteiger partial charge in [-0.3, -0.25) is 9.56 Å². The number of nitrogens with one attached hydrogen (secondary N) is 1. The van der Waals surface area contributed by atoms with Crippen LogP contribution in [-0.4, -0.2) is 66.0 Å². The van der Waals surface area contributed by atoms with E-state index in [4.69, 9.17) is 4.74 Å². The summed E-state index contributed by atoms with van der Waals surface area (Å²) in [5, 5.41) is 11.8. The summed E-state index contributed by atoms with van der Waals surface area (Å²) in [5.74, 6) is 2.61. The first-order valence-corrected chi connectivity index (χ1v) is 10.1. The van der Waals surface area contributed by atoms with Crippen molar-refractivity contribution in [3.63, 3.8) is 0 Å². The maximum absolute atomic E-state index is 5.25. The van der Waals surface area contributed by atoms with Gasteiger partial charge >= 0.3 is 0 Å². The van der Waals surface area contributed by atoms with Gasteiger partial charge < -0.3 is 19.9 Å². The van der Waals surface area contributed by atoms with Crippen LogP contribution in [0.2, 0.25) is 0 Å². The summed E-state index contributed by atoms with van der Waals surface area (Å²) in [4.78, 5) is 9.14. The molecule has 0 atom stereocenters. The largest absolute Gasteiger partial charge is 0.497 e. The van der Waals surface area contributed by atoms with Crippen molar-refractivity contribution in [1.29, 1.82) is 0 Å². The first-order valence-electron chi connectivity index (χ1n) is 10.1. The molecule has 2 heterocycles. The van der Waals surface area contributed by atoms with Crippen LogP contribution in [-0.2, 0) is 6.54 Å². The summed E-state index contributed by atoms with van der Waals surface area (Å²) >= 11 is 0. The molecule has 1 N–H and O–H groups in total. The van der Waals surface area contributed by atoms with Crippen LogP contribution in [0.25, 0.3) is 5.69 Å². The van der Waals surface area contributed by atoms with Gasteiger partial charge in [-0.15, -0.1) is 10.2 Å². The van der Waals surface area contributed by atoms with Gasteiger partial charge in [0.1, 0.15) is 12.1 Å². The molecule has 1 aliphatic heterocycles. The van der Waals surface area contributed by atoms with E-state index in [9.17, 15) is 0 Å².